The summed E-state index contributed by atoms with van der Waals surface area (Å²) in [6.45, 7) is 6.01. The molecule has 28 heavy (non-hydrogen) atoms. The summed E-state index contributed by atoms with van der Waals surface area (Å²) < 4.78 is 10.9. The van der Waals surface area contributed by atoms with Crippen molar-refractivity contribution in [1.29, 1.82) is 0 Å². The van der Waals surface area contributed by atoms with E-state index in [4.69, 9.17) is 9.47 Å². The van der Waals surface area contributed by atoms with Gasteiger partial charge in [0.25, 0.3) is 0 Å². The Morgan fingerprint density at radius 1 is 1.04 bits per heavy atom. The molecule has 1 saturated heterocycles. The van der Waals surface area contributed by atoms with Gasteiger partial charge in [-0.2, -0.15) is 0 Å². The van der Waals surface area contributed by atoms with Gasteiger partial charge in [-0.3, -0.25) is 0 Å². The lowest BCUT2D eigenvalue weighted by Gasteiger charge is -2.55. The molecule has 2 aliphatic rings. The molecule has 1 aliphatic carbocycles. The van der Waals surface area contributed by atoms with Gasteiger partial charge in [-0.25, -0.2) is 0 Å². The highest BCUT2D eigenvalue weighted by Gasteiger charge is 2.58. The summed E-state index contributed by atoms with van der Waals surface area (Å²) >= 11 is 0. The number of rotatable bonds is 5. The van der Waals surface area contributed by atoms with Crippen LogP contribution in [0.2, 0.25) is 0 Å². The summed E-state index contributed by atoms with van der Waals surface area (Å²) in [5.41, 5.74) is -4.05. The third-order valence-electron chi connectivity index (χ3n) is 6.04. The lowest BCUT2D eigenvalue weighted by atomic mass is 9.57. The Hall–Kier alpha value is -0.620. The Labute approximate surface area is 164 Å². The fraction of sp³-hybridized carbons (Fsp3) is 0.895. The minimum Gasteiger partial charge on any atom is -0.394 e. The Morgan fingerprint density at radius 3 is 2.18 bits per heavy atom. The SMILES string of the molecule is C[C@H](/C=C/[C@]1(O)C(C)(C)C[C@H](O)C[C@]1(C)O)O[C@H]1O[C@@H](CO)[C@H](O)[C@@H](O)[C@@H]1O. The minimum atomic E-state index is -1.65. The van der Waals surface area contributed by atoms with Crippen molar-refractivity contribution in [2.45, 2.75) is 94.7 Å². The maximum Gasteiger partial charge on any atom is 0.187 e. The van der Waals surface area contributed by atoms with E-state index in [1.165, 1.54) is 19.1 Å². The third-order valence-corrected chi connectivity index (χ3v) is 6.04. The van der Waals surface area contributed by atoms with E-state index < -0.39 is 66.1 Å². The predicted molar refractivity (Wildman–Crippen MR) is 98.0 cm³/mol. The van der Waals surface area contributed by atoms with Gasteiger partial charge in [0.05, 0.1) is 24.4 Å². The maximum atomic E-state index is 11.2. The zero-order valence-electron chi connectivity index (χ0n) is 16.8. The van der Waals surface area contributed by atoms with Gasteiger partial charge in [0.15, 0.2) is 6.29 Å². The van der Waals surface area contributed by atoms with Crippen LogP contribution in [-0.2, 0) is 9.47 Å². The molecular formula is C19H34O9. The maximum absolute atomic E-state index is 11.2. The van der Waals surface area contributed by atoms with E-state index in [0.29, 0.717) is 6.42 Å². The molecule has 0 aromatic rings. The highest BCUT2D eigenvalue weighted by Crippen LogP contribution is 2.50. The second-order valence-corrected chi connectivity index (χ2v) is 8.88. The summed E-state index contributed by atoms with van der Waals surface area (Å²) in [4.78, 5) is 0. The molecular weight excluding hydrogens is 372 g/mol. The first kappa shape index (κ1) is 23.7. The Kier molecular flexibility index (Phi) is 6.97. The lowest BCUT2D eigenvalue weighted by Crippen LogP contribution is -2.65. The molecule has 9 heteroatoms. The number of hydrogen-bond acceptors (Lipinski definition) is 9. The van der Waals surface area contributed by atoms with E-state index in [1.807, 2.05) is 0 Å². The van der Waals surface area contributed by atoms with E-state index in [-0.39, 0.29) is 6.42 Å². The van der Waals surface area contributed by atoms with Gasteiger partial charge in [-0.05, 0) is 20.3 Å². The van der Waals surface area contributed by atoms with Crippen LogP contribution in [-0.4, -0.2) is 96.5 Å². The van der Waals surface area contributed by atoms with Gasteiger partial charge in [0.2, 0.25) is 0 Å². The van der Waals surface area contributed by atoms with Crippen molar-refractivity contribution < 1.29 is 45.2 Å². The van der Waals surface area contributed by atoms with Crippen molar-refractivity contribution in [3.8, 4) is 0 Å². The number of aliphatic hydroxyl groups excluding tert-OH is 5. The van der Waals surface area contributed by atoms with Crippen molar-refractivity contribution >= 4 is 0 Å². The van der Waals surface area contributed by atoms with Gasteiger partial charge < -0.3 is 45.2 Å². The Balaban J connectivity index is 2.13. The van der Waals surface area contributed by atoms with E-state index >= 15 is 0 Å². The summed E-state index contributed by atoms with van der Waals surface area (Å²) in [5.74, 6) is 0. The number of ether oxygens (including phenoxy) is 2. The van der Waals surface area contributed by atoms with Crippen LogP contribution < -0.4 is 0 Å². The number of hydrogen-bond donors (Lipinski definition) is 7. The molecule has 1 aliphatic heterocycles. The average molecular weight is 406 g/mol. The van der Waals surface area contributed by atoms with Crippen LogP contribution in [0.25, 0.3) is 0 Å². The average Bonchev–Trinajstić information content (AvgIpc) is 2.57. The smallest absolute Gasteiger partial charge is 0.187 e. The van der Waals surface area contributed by atoms with Crippen LogP contribution in [0.5, 0.6) is 0 Å². The highest BCUT2D eigenvalue weighted by molar-refractivity contribution is 5.21. The molecule has 0 bridgehead atoms. The van der Waals surface area contributed by atoms with Crippen molar-refractivity contribution in [3.05, 3.63) is 12.2 Å². The highest BCUT2D eigenvalue weighted by atomic mass is 16.7. The van der Waals surface area contributed by atoms with Crippen LogP contribution in [0.1, 0.15) is 40.5 Å². The monoisotopic (exact) mass is 406 g/mol. The Bertz CT molecular complexity index is 542. The molecule has 1 saturated carbocycles. The molecule has 9 atom stereocenters. The van der Waals surface area contributed by atoms with Crippen LogP contribution in [0.3, 0.4) is 0 Å². The first-order chi connectivity index (χ1) is 12.8. The molecule has 0 amide bonds. The standard InChI is InChI=1S/C19H34O9/c1-10(27-16-15(24)14(23)13(22)12(9-20)28-16)5-6-19(26)17(2,3)7-11(21)8-18(19,4)25/h5-6,10-16,20-26H,7-9H2,1-4H3/b6-5+/t10-,11+,12+,13+,14-,15+,16+,18+,19+/m1/s1. The summed E-state index contributed by atoms with van der Waals surface area (Å²) in [5, 5.41) is 70.9. The molecule has 0 radical (unpaired) electrons. The zero-order valence-corrected chi connectivity index (χ0v) is 16.8. The topological polar surface area (TPSA) is 160 Å². The quantitative estimate of drug-likeness (QED) is 0.267. The van der Waals surface area contributed by atoms with Gasteiger partial charge in [-0.1, -0.05) is 26.0 Å². The second-order valence-electron chi connectivity index (χ2n) is 8.88. The van der Waals surface area contributed by atoms with Crippen LogP contribution in [0.4, 0.5) is 0 Å². The van der Waals surface area contributed by atoms with Crippen molar-refractivity contribution in [3.63, 3.8) is 0 Å². The molecule has 0 aromatic heterocycles. The normalized spacial score (nSPS) is 48.0. The lowest BCUT2D eigenvalue weighted by molar-refractivity contribution is -0.306. The second kappa shape index (κ2) is 8.25. The van der Waals surface area contributed by atoms with Crippen LogP contribution in [0, 0.1) is 5.41 Å². The van der Waals surface area contributed by atoms with Crippen LogP contribution in [0.15, 0.2) is 12.2 Å². The molecule has 0 unspecified atom stereocenters. The predicted octanol–water partition coefficient (Wildman–Crippen LogP) is -1.59. The fourth-order valence-electron chi connectivity index (χ4n) is 4.28. The summed E-state index contributed by atoms with van der Waals surface area (Å²) in [6.07, 6.45) is -5.14. The molecule has 164 valence electrons. The van der Waals surface area contributed by atoms with E-state index in [1.54, 1.807) is 20.8 Å². The minimum absolute atomic E-state index is 0.0131. The van der Waals surface area contributed by atoms with Gasteiger partial charge in [0, 0.05) is 11.8 Å². The molecule has 0 aromatic carbocycles. The van der Waals surface area contributed by atoms with E-state index in [2.05, 4.69) is 0 Å². The zero-order chi connectivity index (χ0) is 21.5. The molecule has 2 rings (SSSR count). The third kappa shape index (κ3) is 4.28. The molecule has 2 fully saturated rings. The first-order valence-corrected chi connectivity index (χ1v) is 9.54. The first-order valence-electron chi connectivity index (χ1n) is 9.54. The van der Waals surface area contributed by atoms with Gasteiger partial charge >= 0.3 is 0 Å². The molecule has 7 N–H and O–H groups in total. The summed E-state index contributed by atoms with van der Waals surface area (Å²) in [7, 11) is 0. The van der Waals surface area contributed by atoms with Crippen LogP contribution >= 0.6 is 0 Å². The van der Waals surface area contributed by atoms with Gasteiger partial charge in [0.1, 0.15) is 30.0 Å². The summed E-state index contributed by atoms with van der Waals surface area (Å²) in [6, 6.07) is 0. The molecule has 9 nitrogen and oxygen atoms in total. The largest absolute Gasteiger partial charge is 0.394 e. The number of aliphatic hydroxyl groups is 7. The fourth-order valence-corrected chi connectivity index (χ4v) is 4.28. The van der Waals surface area contributed by atoms with E-state index in [9.17, 15) is 35.7 Å². The van der Waals surface area contributed by atoms with Crippen molar-refractivity contribution in [1.82, 2.24) is 0 Å². The molecule has 0 spiro atoms. The molecule has 1 heterocycles. The van der Waals surface area contributed by atoms with E-state index in [0.717, 1.165) is 0 Å². The van der Waals surface area contributed by atoms with Gasteiger partial charge in [-0.15, -0.1) is 0 Å². The van der Waals surface area contributed by atoms with Crippen molar-refractivity contribution in [2.24, 2.45) is 5.41 Å². The Morgan fingerprint density at radius 2 is 1.64 bits per heavy atom. The van der Waals surface area contributed by atoms with Crippen molar-refractivity contribution in [2.75, 3.05) is 6.61 Å².